The van der Waals surface area contributed by atoms with E-state index in [-0.39, 0.29) is 0 Å². The number of aliphatic hydroxyl groups is 1. The van der Waals surface area contributed by atoms with E-state index in [9.17, 15) is 18.3 Å². The van der Waals surface area contributed by atoms with Crippen molar-refractivity contribution in [1.29, 1.82) is 0 Å². The third-order valence-electron chi connectivity index (χ3n) is 4.31. The summed E-state index contributed by atoms with van der Waals surface area (Å²) in [4.78, 5) is 0. The molecule has 1 aliphatic rings. The lowest BCUT2D eigenvalue weighted by molar-refractivity contribution is -0.137. The topological polar surface area (TPSA) is 32.3 Å². The number of alkyl halides is 3. The van der Waals surface area contributed by atoms with Crippen molar-refractivity contribution >= 4 is 0 Å². The number of halogens is 3. The molecule has 21 heavy (non-hydrogen) atoms. The van der Waals surface area contributed by atoms with Crippen molar-refractivity contribution in [2.45, 2.75) is 50.9 Å². The molecule has 0 aromatic heterocycles. The quantitative estimate of drug-likeness (QED) is 0.884. The summed E-state index contributed by atoms with van der Waals surface area (Å²) in [5, 5.41) is 13.4. The molecule has 2 rings (SSSR count). The van der Waals surface area contributed by atoms with E-state index >= 15 is 0 Å². The molecule has 1 fully saturated rings. The number of nitrogens with one attached hydrogen (secondary N) is 1. The van der Waals surface area contributed by atoms with Crippen molar-refractivity contribution in [2.75, 3.05) is 6.54 Å². The molecule has 2 N–H and O–H groups in total. The average molecular weight is 301 g/mol. The van der Waals surface area contributed by atoms with E-state index in [2.05, 4.69) is 12.2 Å². The molecule has 0 bridgehead atoms. The Labute approximate surface area is 123 Å². The van der Waals surface area contributed by atoms with Crippen LogP contribution in [-0.4, -0.2) is 17.7 Å². The highest BCUT2D eigenvalue weighted by atomic mass is 19.4. The van der Waals surface area contributed by atoms with E-state index in [4.69, 9.17) is 0 Å². The zero-order valence-electron chi connectivity index (χ0n) is 12.2. The van der Waals surface area contributed by atoms with Crippen LogP contribution in [0.1, 0.15) is 49.8 Å². The Morgan fingerprint density at radius 2 is 1.81 bits per heavy atom. The van der Waals surface area contributed by atoms with Crippen molar-refractivity contribution in [3.05, 3.63) is 35.4 Å². The highest BCUT2D eigenvalue weighted by Gasteiger charge is 2.30. The van der Waals surface area contributed by atoms with Crippen molar-refractivity contribution in [1.82, 2.24) is 5.32 Å². The molecule has 1 aliphatic carbocycles. The van der Waals surface area contributed by atoms with Gasteiger partial charge in [0.25, 0.3) is 0 Å². The summed E-state index contributed by atoms with van der Waals surface area (Å²) in [6.07, 6.45) is -0.380. The Bertz CT molecular complexity index is 444. The summed E-state index contributed by atoms with van der Waals surface area (Å²) in [6, 6.07) is 5.12. The van der Waals surface area contributed by atoms with Crippen LogP contribution in [0.4, 0.5) is 13.2 Å². The number of aliphatic hydroxyl groups excluding tert-OH is 1. The van der Waals surface area contributed by atoms with Crippen LogP contribution >= 0.6 is 0 Å². The third-order valence-corrected chi connectivity index (χ3v) is 4.31. The lowest BCUT2D eigenvalue weighted by Gasteiger charge is -2.30. The monoisotopic (exact) mass is 301 g/mol. The molecule has 1 aromatic rings. The maximum atomic E-state index is 12.5. The van der Waals surface area contributed by atoms with Crippen LogP contribution in [0.5, 0.6) is 0 Å². The smallest absolute Gasteiger partial charge is 0.387 e. The lowest BCUT2D eigenvalue weighted by atomic mass is 9.86. The highest BCUT2D eigenvalue weighted by molar-refractivity contribution is 5.26. The van der Waals surface area contributed by atoms with Gasteiger partial charge in [-0.1, -0.05) is 31.9 Å². The first-order chi connectivity index (χ1) is 9.88. The molecule has 3 unspecified atom stereocenters. The first-order valence-corrected chi connectivity index (χ1v) is 7.46. The van der Waals surface area contributed by atoms with E-state index in [1.165, 1.54) is 31.4 Å². The van der Waals surface area contributed by atoms with Gasteiger partial charge in [0, 0.05) is 12.6 Å². The standard InChI is InChI=1S/C16H22F3NO/c1-11-4-2-3-5-14(11)20-10-15(21)12-6-8-13(9-7-12)16(17,18)19/h6-9,11,14-15,20-21H,2-5,10H2,1H3. The largest absolute Gasteiger partial charge is 0.416 e. The summed E-state index contributed by atoms with van der Waals surface area (Å²) in [5.74, 6) is 0.582. The minimum Gasteiger partial charge on any atom is -0.387 e. The van der Waals surface area contributed by atoms with E-state index < -0.39 is 17.8 Å². The fourth-order valence-electron chi connectivity index (χ4n) is 2.89. The second-order valence-electron chi connectivity index (χ2n) is 5.91. The van der Waals surface area contributed by atoms with Gasteiger partial charge in [-0.25, -0.2) is 0 Å². The van der Waals surface area contributed by atoms with Crippen molar-refractivity contribution < 1.29 is 18.3 Å². The highest BCUT2D eigenvalue weighted by Crippen LogP contribution is 2.30. The summed E-state index contributed by atoms with van der Waals surface area (Å²) in [7, 11) is 0. The molecular weight excluding hydrogens is 279 g/mol. The molecule has 0 spiro atoms. The maximum absolute atomic E-state index is 12.5. The third kappa shape index (κ3) is 4.45. The van der Waals surface area contributed by atoms with Crippen LogP contribution < -0.4 is 5.32 Å². The molecule has 0 aliphatic heterocycles. The van der Waals surface area contributed by atoms with Crippen LogP contribution in [0.2, 0.25) is 0 Å². The van der Waals surface area contributed by atoms with Gasteiger partial charge in [0.05, 0.1) is 11.7 Å². The van der Waals surface area contributed by atoms with Gasteiger partial charge in [-0.3, -0.25) is 0 Å². The summed E-state index contributed by atoms with van der Waals surface area (Å²) in [5.41, 5.74) is -0.175. The number of benzene rings is 1. The minimum absolute atomic E-state index is 0.375. The summed E-state index contributed by atoms with van der Waals surface area (Å²) < 4.78 is 37.4. The lowest BCUT2D eigenvalue weighted by Crippen LogP contribution is -2.39. The number of hydrogen-bond acceptors (Lipinski definition) is 2. The zero-order chi connectivity index (χ0) is 15.5. The molecule has 118 valence electrons. The molecule has 1 saturated carbocycles. The second-order valence-corrected chi connectivity index (χ2v) is 5.91. The summed E-state index contributed by atoms with van der Waals surface area (Å²) in [6.45, 7) is 2.57. The van der Waals surface area contributed by atoms with Crippen molar-refractivity contribution in [2.24, 2.45) is 5.92 Å². The maximum Gasteiger partial charge on any atom is 0.416 e. The van der Waals surface area contributed by atoms with Gasteiger partial charge in [-0.2, -0.15) is 13.2 Å². The van der Waals surface area contributed by atoms with Crippen molar-refractivity contribution in [3.63, 3.8) is 0 Å². The second kappa shape index (κ2) is 6.79. The summed E-state index contributed by atoms with van der Waals surface area (Å²) >= 11 is 0. The van der Waals surface area contributed by atoms with Crippen LogP contribution in [-0.2, 0) is 6.18 Å². The Morgan fingerprint density at radius 3 is 2.38 bits per heavy atom. The fourth-order valence-corrected chi connectivity index (χ4v) is 2.89. The van der Waals surface area contributed by atoms with Crippen LogP contribution in [0.3, 0.4) is 0 Å². The molecule has 0 heterocycles. The van der Waals surface area contributed by atoms with Gasteiger partial charge in [0.15, 0.2) is 0 Å². The van der Waals surface area contributed by atoms with Crippen LogP contribution in [0.25, 0.3) is 0 Å². The molecule has 5 heteroatoms. The number of hydrogen-bond donors (Lipinski definition) is 2. The van der Waals surface area contributed by atoms with Crippen molar-refractivity contribution in [3.8, 4) is 0 Å². The number of rotatable bonds is 4. The average Bonchev–Trinajstić information content (AvgIpc) is 2.45. The molecule has 0 saturated heterocycles. The Morgan fingerprint density at radius 1 is 1.19 bits per heavy atom. The van der Waals surface area contributed by atoms with Gasteiger partial charge >= 0.3 is 6.18 Å². The van der Waals surface area contributed by atoms with Gasteiger partial charge < -0.3 is 10.4 Å². The molecular formula is C16H22F3NO. The normalized spacial score (nSPS) is 24.8. The van der Waals surface area contributed by atoms with E-state index in [0.29, 0.717) is 24.1 Å². The SMILES string of the molecule is CC1CCCCC1NCC(O)c1ccc(C(F)(F)F)cc1. The Kier molecular flexibility index (Phi) is 5.27. The van der Waals surface area contributed by atoms with Crippen LogP contribution in [0.15, 0.2) is 24.3 Å². The fraction of sp³-hybridized carbons (Fsp3) is 0.625. The predicted octanol–water partition coefficient (Wildman–Crippen LogP) is 3.91. The molecule has 3 atom stereocenters. The molecule has 0 radical (unpaired) electrons. The van der Waals surface area contributed by atoms with Gasteiger partial charge in [-0.05, 0) is 36.5 Å². The van der Waals surface area contributed by atoms with Gasteiger partial charge in [0.2, 0.25) is 0 Å². The van der Waals surface area contributed by atoms with Gasteiger partial charge in [0.1, 0.15) is 0 Å². The zero-order valence-corrected chi connectivity index (χ0v) is 12.2. The van der Waals surface area contributed by atoms with E-state index in [0.717, 1.165) is 18.6 Å². The Hall–Kier alpha value is -1.07. The minimum atomic E-state index is -4.33. The molecule has 1 aromatic carbocycles. The first kappa shape index (κ1) is 16.3. The van der Waals surface area contributed by atoms with Crippen LogP contribution in [0, 0.1) is 5.92 Å². The van der Waals surface area contributed by atoms with Gasteiger partial charge in [-0.15, -0.1) is 0 Å². The Balaban J connectivity index is 1.89. The first-order valence-electron chi connectivity index (χ1n) is 7.46. The van der Waals surface area contributed by atoms with E-state index in [1.807, 2.05) is 0 Å². The predicted molar refractivity (Wildman–Crippen MR) is 75.8 cm³/mol. The van der Waals surface area contributed by atoms with E-state index in [1.54, 1.807) is 0 Å². The molecule has 2 nitrogen and oxygen atoms in total. The molecule has 0 amide bonds.